The maximum atomic E-state index is 11.7. The van der Waals surface area contributed by atoms with Gasteiger partial charge in [-0.1, -0.05) is 0 Å². The summed E-state index contributed by atoms with van der Waals surface area (Å²) in [5, 5.41) is 0. The number of hydrogen-bond donors (Lipinski definition) is 4. The van der Waals surface area contributed by atoms with E-state index in [4.69, 9.17) is 11.7 Å². The molecule has 0 aromatic rings. The summed E-state index contributed by atoms with van der Waals surface area (Å²) in [4.78, 5) is 23.5. The second-order valence-corrected chi connectivity index (χ2v) is 7.45. The predicted octanol–water partition coefficient (Wildman–Crippen LogP) is 0.333. The molecule has 4 aliphatic rings. The molecule has 6 nitrogen and oxygen atoms in total. The summed E-state index contributed by atoms with van der Waals surface area (Å²) in [7, 11) is 0. The molecule has 6 N–H and O–H groups in total. The molecule has 20 heavy (non-hydrogen) atoms. The first-order valence-corrected chi connectivity index (χ1v) is 7.47. The Hall–Kier alpha value is -1.14. The van der Waals surface area contributed by atoms with Crippen molar-refractivity contribution in [1.82, 2.24) is 10.9 Å². The summed E-state index contributed by atoms with van der Waals surface area (Å²) in [6.45, 7) is 0. The minimum absolute atomic E-state index is 0.0580. The molecule has 4 aliphatic carbocycles. The van der Waals surface area contributed by atoms with Gasteiger partial charge in [0.1, 0.15) is 0 Å². The van der Waals surface area contributed by atoms with Crippen LogP contribution in [0.1, 0.15) is 51.4 Å². The van der Waals surface area contributed by atoms with E-state index in [0.29, 0.717) is 24.7 Å². The summed E-state index contributed by atoms with van der Waals surface area (Å²) >= 11 is 0. The predicted molar refractivity (Wildman–Crippen MR) is 73.4 cm³/mol. The third-order valence-corrected chi connectivity index (χ3v) is 5.70. The third kappa shape index (κ3) is 2.31. The van der Waals surface area contributed by atoms with Crippen molar-refractivity contribution in [2.24, 2.45) is 34.4 Å². The largest absolute Gasteiger partial charge is 0.294 e. The van der Waals surface area contributed by atoms with Crippen LogP contribution in [-0.2, 0) is 9.59 Å². The number of nitrogens with one attached hydrogen (secondary N) is 2. The molecular weight excluding hydrogens is 256 g/mol. The SMILES string of the molecule is NNC(=O)CC12CC3CC(C1)CC(CC(=O)NN)(C3)C2. The average molecular weight is 280 g/mol. The van der Waals surface area contributed by atoms with Crippen molar-refractivity contribution in [3.63, 3.8) is 0 Å². The molecular formula is C14H24N4O2. The van der Waals surface area contributed by atoms with Gasteiger partial charge in [-0.3, -0.25) is 20.4 Å². The summed E-state index contributed by atoms with van der Waals surface area (Å²) in [5.41, 5.74) is 4.65. The number of rotatable bonds is 4. The number of carbonyl (C=O) groups excluding carboxylic acids is 2. The molecule has 0 aromatic carbocycles. The Kier molecular flexibility index (Phi) is 3.25. The van der Waals surface area contributed by atoms with E-state index in [0.717, 1.165) is 32.1 Å². The first-order valence-electron chi connectivity index (χ1n) is 7.47. The minimum atomic E-state index is -0.0784. The van der Waals surface area contributed by atoms with E-state index in [2.05, 4.69) is 10.9 Å². The summed E-state index contributed by atoms with van der Waals surface area (Å²) < 4.78 is 0. The van der Waals surface area contributed by atoms with Crippen molar-refractivity contribution in [2.45, 2.75) is 51.4 Å². The molecule has 0 unspecified atom stereocenters. The monoisotopic (exact) mass is 280 g/mol. The van der Waals surface area contributed by atoms with Crippen LogP contribution in [0.15, 0.2) is 0 Å². The van der Waals surface area contributed by atoms with Gasteiger partial charge in [0.2, 0.25) is 11.8 Å². The van der Waals surface area contributed by atoms with Gasteiger partial charge >= 0.3 is 0 Å². The summed E-state index contributed by atoms with van der Waals surface area (Å²) in [6.07, 6.45) is 7.69. The molecule has 0 atom stereocenters. The van der Waals surface area contributed by atoms with Gasteiger partial charge < -0.3 is 0 Å². The van der Waals surface area contributed by atoms with E-state index in [1.54, 1.807) is 0 Å². The zero-order chi connectivity index (χ0) is 14.4. The minimum Gasteiger partial charge on any atom is -0.294 e. The molecule has 4 rings (SSSR count). The molecule has 112 valence electrons. The Bertz CT molecular complexity index is 387. The molecule has 4 bridgehead atoms. The molecule has 2 amide bonds. The van der Waals surface area contributed by atoms with E-state index < -0.39 is 0 Å². The Balaban J connectivity index is 1.81. The Morgan fingerprint density at radius 1 is 0.900 bits per heavy atom. The topological polar surface area (TPSA) is 110 Å². The highest BCUT2D eigenvalue weighted by Gasteiger charge is 2.58. The van der Waals surface area contributed by atoms with Crippen LogP contribution in [0.5, 0.6) is 0 Å². The van der Waals surface area contributed by atoms with Crippen LogP contribution in [0.4, 0.5) is 0 Å². The molecule has 4 fully saturated rings. The average Bonchev–Trinajstić information content (AvgIpc) is 2.35. The molecule has 0 aromatic heterocycles. The highest BCUT2D eigenvalue weighted by atomic mass is 16.2. The first-order chi connectivity index (χ1) is 9.48. The van der Waals surface area contributed by atoms with Crippen molar-refractivity contribution in [3.8, 4) is 0 Å². The highest BCUT2D eigenvalue weighted by Crippen LogP contribution is 2.67. The lowest BCUT2D eigenvalue weighted by Crippen LogP contribution is -2.54. The van der Waals surface area contributed by atoms with Gasteiger partial charge in [-0.25, -0.2) is 11.7 Å². The Labute approximate surface area is 119 Å². The zero-order valence-electron chi connectivity index (χ0n) is 11.8. The Morgan fingerprint density at radius 2 is 1.30 bits per heavy atom. The Morgan fingerprint density at radius 3 is 1.65 bits per heavy atom. The quantitative estimate of drug-likeness (QED) is 0.338. The van der Waals surface area contributed by atoms with Crippen molar-refractivity contribution >= 4 is 11.8 Å². The van der Waals surface area contributed by atoms with Gasteiger partial charge in [0, 0.05) is 12.8 Å². The van der Waals surface area contributed by atoms with Gasteiger partial charge in [0.25, 0.3) is 0 Å². The molecule has 0 saturated heterocycles. The highest BCUT2D eigenvalue weighted by molar-refractivity contribution is 5.77. The summed E-state index contributed by atoms with van der Waals surface area (Å²) in [6, 6.07) is 0. The van der Waals surface area contributed by atoms with Crippen LogP contribution in [-0.4, -0.2) is 11.8 Å². The maximum Gasteiger partial charge on any atom is 0.234 e. The van der Waals surface area contributed by atoms with Crippen LogP contribution in [0.3, 0.4) is 0 Å². The van der Waals surface area contributed by atoms with Crippen LogP contribution >= 0.6 is 0 Å². The molecule has 0 radical (unpaired) electrons. The molecule has 0 aliphatic heterocycles. The normalized spacial score (nSPS) is 41.5. The first kappa shape index (κ1) is 13.8. The lowest BCUT2D eigenvalue weighted by molar-refractivity contribution is -0.146. The molecule has 4 saturated carbocycles. The van der Waals surface area contributed by atoms with Crippen LogP contribution in [0.2, 0.25) is 0 Å². The van der Waals surface area contributed by atoms with E-state index in [1.807, 2.05) is 0 Å². The molecule has 0 heterocycles. The zero-order valence-corrected chi connectivity index (χ0v) is 11.8. The standard InChI is InChI=1S/C14H24N4O2/c15-17-11(19)6-13-2-9-1-10(4-13)5-14(3-9,8-13)7-12(20)18-16/h9-10H,1-8,15-16H2,(H,17,19)(H,18,20). The van der Waals surface area contributed by atoms with Crippen molar-refractivity contribution < 1.29 is 9.59 Å². The maximum absolute atomic E-state index is 11.7. The van der Waals surface area contributed by atoms with Gasteiger partial charge in [-0.05, 0) is 61.2 Å². The van der Waals surface area contributed by atoms with Crippen molar-refractivity contribution in [1.29, 1.82) is 0 Å². The fourth-order valence-electron chi connectivity index (χ4n) is 5.85. The number of nitrogens with two attached hydrogens (primary N) is 2. The van der Waals surface area contributed by atoms with Crippen LogP contribution < -0.4 is 22.5 Å². The van der Waals surface area contributed by atoms with Gasteiger partial charge in [-0.15, -0.1) is 0 Å². The van der Waals surface area contributed by atoms with E-state index in [-0.39, 0.29) is 22.6 Å². The van der Waals surface area contributed by atoms with Crippen LogP contribution in [0, 0.1) is 22.7 Å². The van der Waals surface area contributed by atoms with E-state index in [9.17, 15) is 9.59 Å². The second-order valence-electron chi connectivity index (χ2n) is 7.45. The van der Waals surface area contributed by atoms with Crippen molar-refractivity contribution in [3.05, 3.63) is 0 Å². The van der Waals surface area contributed by atoms with Crippen molar-refractivity contribution in [2.75, 3.05) is 0 Å². The lowest BCUT2D eigenvalue weighted by atomic mass is 9.43. The number of carbonyl (C=O) groups is 2. The van der Waals surface area contributed by atoms with Gasteiger partial charge in [0.05, 0.1) is 0 Å². The fraction of sp³-hybridized carbons (Fsp3) is 0.857. The van der Waals surface area contributed by atoms with Gasteiger partial charge in [0.15, 0.2) is 0 Å². The number of amides is 2. The third-order valence-electron chi connectivity index (χ3n) is 5.70. The number of hydrogen-bond acceptors (Lipinski definition) is 4. The molecule has 6 heteroatoms. The smallest absolute Gasteiger partial charge is 0.234 e. The van der Waals surface area contributed by atoms with Crippen LogP contribution in [0.25, 0.3) is 0 Å². The summed E-state index contributed by atoms with van der Waals surface area (Å²) in [5.74, 6) is 11.7. The lowest BCUT2D eigenvalue weighted by Gasteiger charge is -2.62. The molecule has 0 spiro atoms. The number of hydrazine groups is 2. The van der Waals surface area contributed by atoms with E-state index >= 15 is 0 Å². The van der Waals surface area contributed by atoms with E-state index in [1.165, 1.54) is 6.42 Å². The second kappa shape index (κ2) is 4.70. The van der Waals surface area contributed by atoms with Gasteiger partial charge in [-0.2, -0.15) is 0 Å². The fourth-order valence-corrected chi connectivity index (χ4v) is 5.85.